The fourth-order valence-corrected chi connectivity index (χ4v) is 9.86. The SMILES string of the molecule is COCCOCCN1CC[C@@H](Nc2ccc([S+]([O-])NC(=O)c3ccc(N4CCN(CC5=C(c6ccc(Cl)cc6)CC(C)(C)CC5)CC4)cc3Oc3cccc4[nH]cnc34)cc2[N+](=O)[O-])C1. The molecule has 4 aromatic carbocycles. The van der Waals surface area contributed by atoms with Crippen LogP contribution < -0.4 is 19.7 Å². The Labute approximate surface area is 387 Å². The Balaban J connectivity index is 0.956. The van der Waals surface area contributed by atoms with E-state index in [2.05, 4.69) is 60.7 Å². The smallest absolute Gasteiger partial charge is 0.297 e. The number of ether oxygens (including phenoxy) is 3. The fourth-order valence-electron chi connectivity index (χ4n) is 8.93. The van der Waals surface area contributed by atoms with Gasteiger partial charge in [0, 0.05) is 82.3 Å². The van der Waals surface area contributed by atoms with E-state index in [0.29, 0.717) is 43.3 Å². The number of H-pyrrole nitrogens is 1. The van der Waals surface area contributed by atoms with Gasteiger partial charge in [-0.25, -0.2) is 4.98 Å². The number of nitrogens with zero attached hydrogens (tertiary/aromatic N) is 5. The van der Waals surface area contributed by atoms with Crippen molar-refractivity contribution in [2.45, 2.75) is 50.5 Å². The second-order valence-corrected chi connectivity index (χ2v) is 19.4. The summed E-state index contributed by atoms with van der Waals surface area (Å²) >= 11 is 4.12. The van der Waals surface area contributed by atoms with Crippen LogP contribution in [0.5, 0.6) is 11.5 Å². The van der Waals surface area contributed by atoms with Crippen molar-refractivity contribution in [2.24, 2.45) is 5.41 Å². The van der Waals surface area contributed by atoms with Crippen LogP contribution in [0.2, 0.25) is 5.02 Å². The number of nitrogens with one attached hydrogen (secondary N) is 3. The molecule has 3 N–H and O–H groups in total. The van der Waals surface area contributed by atoms with Gasteiger partial charge in [-0.15, -0.1) is 0 Å². The van der Waals surface area contributed by atoms with Crippen molar-refractivity contribution in [3.8, 4) is 11.5 Å². The van der Waals surface area contributed by atoms with Gasteiger partial charge < -0.3 is 34.0 Å². The van der Waals surface area contributed by atoms with Crippen molar-refractivity contribution in [1.82, 2.24) is 24.5 Å². The number of para-hydroxylation sites is 1. The Kier molecular flexibility index (Phi) is 14.9. The van der Waals surface area contributed by atoms with E-state index in [-0.39, 0.29) is 33.4 Å². The number of carbonyl (C=O) groups excluding carboxylic acids is 1. The monoisotopic (exact) mass is 924 g/mol. The van der Waals surface area contributed by atoms with Crippen LogP contribution in [0.25, 0.3) is 16.6 Å². The molecule has 2 saturated heterocycles. The van der Waals surface area contributed by atoms with E-state index in [9.17, 15) is 19.5 Å². The van der Waals surface area contributed by atoms with E-state index < -0.39 is 22.2 Å². The number of rotatable bonds is 18. The van der Waals surface area contributed by atoms with Crippen molar-refractivity contribution >= 4 is 62.5 Å². The zero-order valence-electron chi connectivity index (χ0n) is 37.1. The van der Waals surface area contributed by atoms with E-state index in [1.54, 1.807) is 31.6 Å². The molecule has 1 unspecified atom stereocenters. The van der Waals surface area contributed by atoms with Crippen LogP contribution in [0, 0.1) is 15.5 Å². The number of piperazine rings is 1. The Morgan fingerprint density at radius 1 is 0.985 bits per heavy atom. The largest absolute Gasteiger partial charge is 0.588 e. The third-order valence-corrected chi connectivity index (χ3v) is 13.9. The summed E-state index contributed by atoms with van der Waals surface area (Å²) in [4.78, 5) is 40.5. The van der Waals surface area contributed by atoms with Gasteiger partial charge in [0.15, 0.2) is 10.6 Å². The van der Waals surface area contributed by atoms with Crippen molar-refractivity contribution in [3.63, 3.8) is 0 Å². The summed E-state index contributed by atoms with van der Waals surface area (Å²) in [5.41, 5.74) is 6.90. The summed E-state index contributed by atoms with van der Waals surface area (Å²) in [5, 5.41) is 16.3. The number of aromatic amines is 1. The highest BCUT2D eigenvalue weighted by Crippen LogP contribution is 2.43. The maximum atomic E-state index is 14.0. The van der Waals surface area contributed by atoms with Gasteiger partial charge in [0.2, 0.25) is 0 Å². The highest BCUT2D eigenvalue weighted by atomic mass is 35.5. The van der Waals surface area contributed by atoms with Crippen LogP contribution in [-0.2, 0) is 20.8 Å². The molecule has 344 valence electrons. The van der Waals surface area contributed by atoms with Gasteiger partial charge in [-0.3, -0.25) is 24.7 Å². The second kappa shape index (κ2) is 21.0. The van der Waals surface area contributed by atoms with E-state index in [4.69, 9.17) is 25.8 Å². The van der Waals surface area contributed by atoms with Crippen LogP contribution in [0.1, 0.15) is 55.5 Å². The molecule has 2 atom stereocenters. The molecule has 3 heterocycles. The van der Waals surface area contributed by atoms with Crippen LogP contribution >= 0.6 is 11.6 Å². The molecule has 1 amide bonds. The molecule has 0 radical (unpaired) electrons. The predicted octanol–water partition coefficient (Wildman–Crippen LogP) is 8.30. The average Bonchev–Trinajstić information content (AvgIpc) is 3.98. The van der Waals surface area contributed by atoms with Crippen molar-refractivity contribution in [2.75, 3.05) is 89.5 Å². The molecule has 0 bridgehead atoms. The van der Waals surface area contributed by atoms with Gasteiger partial charge in [-0.1, -0.05) is 49.2 Å². The van der Waals surface area contributed by atoms with Crippen molar-refractivity contribution < 1.29 is 28.5 Å². The number of hydrogen-bond donors (Lipinski definition) is 3. The number of aromatic nitrogens is 2. The summed E-state index contributed by atoms with van der Waals surface area (Å²) in [6.07, 6.45) is 5.63. The minimum Gasteiger partial charge on any atom is -0.588 e. The van der Waals surface area contributed by atoms with Crippen LogP contribution in [-0.4, -0.2) is 120 Å². The standard InChI is InChI=1S/C48H57ClN8O7S/c1-48(2)17-15-34(40(29-48)33-7-9-35(49)10-8-33)30-55-19-21-56(22-20-55)37-11-13-39(45(27-37)64-44-6-4-5-42-46(44)51-32-50-42)47(58)53-65(61)38-12-14-41(43(28-38)57(59)60)52-36-16-18-54(31-36)23-24-63-26-25-62-3/h4-14,27-28,32,36,52H,15-26,29-31H2,1-3H3,(H,50,51)(H,53,58)/t36-,65?/m1/s1. The number of imidazole rings is 1. The predicted molar refractivity (Wildman–Crippen MR) is 255 cm³/mol. The highest BCUT2D eigenvalue weighted by Gasteiger charge is 2.31. The zero-order chi connectivity index (χ0) is 45.5. The summed E-state index contributed by atoms with van der Waals surface area (Å²) in [6.45, 7) is 12.8. The molecule has 5 aromatic rings. The molecule has 15 nitrogen and oxygen atoms in total. The Morgan fingerprint density at radius 2 is 1.80 bits per heavy atom. The lowest BCUT2D eigenvalue weighted by Gasteiger charge is -2.39. The van der Waals surface area contributed by atoms with Gasteiger partial charge in [-0.2, -0.15) is 4.72 Å². The third kappa shape index (κ3) is 11.6. The van der Waals surface area contributed by atoms with Crippen LogP contribution in [0.3, 0.4) is 0 Å². The molecule has 8 rings (SSSR count). The minimum absolute atomic E-state index is 0.0118. The number of amides is 1. The Hall–Kier alpha value is -5.20. The number of nitro groups is 1. The molecule has 65 heavy (non-hydrogen) atoms. The first-order valence-electron chi connectivity index (χ1n) is 22.2. The molecule has 3 aliphatic rings. The fraction of sp³-hybridized carbons (Fsp3) is 0.417. The molecular weight excluding hydrogens is 868 g/mol. The number of benzene rings is 4. The number of carbonyl (C=O) groups is 1. The number of fused-ring (bicyclic) bond motifs is 1. The van der Waals surface area contributed by atoms with E-state index in [1.807, 2.05) is 36.4 Å². The summed E-state index contributed by atoms with van der Waals surface area (Å²) in [7, 11) is 1.63. The maximum absolute atomic E-state index is 14.0. The quantitative estimate of drug-likeness (QED) is 0.0333. The lowest BCUT2D eigenvalue weighted by atomic mass is 9.72. The summed E-state index contributed by atoms with van der Waals surface area (Å²) < 4.78 is 33.4. The van der Waals surface area contributed by atoms with Gasteiger partial charge in [0.25, 0.3) is 11.6 Å². The Morgan fingerprint density at radius 3 is 2.58 bits per heavy atom. The van der Waals surface area contributed by atoms with Crippen molar-refractivity contribution in [3.05, 3.63) is 117 Å². The highest BCUT2D eigenvalue weighted by molar-refractivity contribution is 7.90. The first kappa shape index (κ1) is 46.3. The molecule has 2 fully saturated rings. The van der Waals surface area contributed by atoms with Crippen molar-refractivity contribution in [1.29, 1.82) is 0 Å². The number of nitro benzene ring substituents is 1. The average molecular weight is 926 g/mol. The third-order valence-electron chi connectivity index (χ3n) is 12.6. The molecule has 1 aromatic heterocycles. The van der Waals surface area contributed by atoms with Crippen LogP contribution in [0.15, 0.2) is 95.7 Å². The van der Waals surface area contributed by atoms with Gasteiger partial charge in [-0.05, 0) is 90.8 Å². The lowest BCUT2D eigenvalue weighted by Crippen LogP contribution is -2.47. The molecular formula is C48H57ClN8O7S. The first-order chi connectivity index (χ1) is 31.4. The molecule has 0 spiro atoms. The van der Waals surface area contributed by atoms with Gasteiger partial charge >= 0.3 is 0 Å². The van der Waals surface area contributed by atoms with Crippen LogP contribution in [0.4, 0.5) is 17.1 Å². The number of halogens is 1. The summed E-state index contributed by atoms with van der Waals surface area (Å²) in [6, 6.07) is 23.4. The topological polar surface area (TPSA) is 173 Å². The molecule has 17 heteroatoms. The second-order valence-electron chi connectivity index (χ2n) is 17.7. The van der Waals surface area contributed by atoms with Gasteiger partial charge in [0.05, 0.1) is 48.2 Å². The number of hydrogen-bond acceptors (Lipinski definition) is 12. The number of methoxy groups -OCH3 is 1. The molecule has 2 aliphatic heterocycles. The van der Waals surface area contributed by atoms with E-state index in [1.165, 1.54) is 28.8 Å². The lowest BCUT2D eigenvalue weighted by molar-refractivity contribution is -0.384. The number of likely N-dealkylation sites (tertiary alicyclic amines) is 1. The normalized spacial score (nSPS) is 18.5. The number of anilines is 2. The first-order valence-corrected chi connectivity index (χ1v) is 23.7. The van der Waals surface area contributed by atoms with E-state index in [0.717, 1.165) is 87.7 Å². The maximum Gasteiger partial charge on any atom is 0.297 e. The minimum atomic E-state index is -2.13. The van der Waals surface area contributed by atoms with Gasteiger partial charge in [0.1, 0.15) is 28.3 Å². The summed E-state index contributed by atoms with van der Waals surface area (Å²) in [5.74, 6) is 0.0439. The van der Waals surface area contributed by atoms with E-state index >= 15 is 0 Å². The Bertz CT molecular complexity index is 2490. The molecule has 0 saturated carbocycles. The molecule has 1 aliphatic carbocycles. The number of allylic oxidation sites excluding steroid dienone is 1. The zero-order valence-corrected chi connectivity index (χ0v) is 38.7.